The molecule has 0 fully saturated rings. The number of rotatable bonds is 5. The second-order valence-corrected chi connectivity index (χ2v) is 6.52. The van der Waals surface area contributed by atoms with Crippen molar-refractivity contribution in [2.45, 2.75) is 19.9 Å². The van der Waals surface area contributed by atoms with Crippen LogP contribution in [0.1, 0.15) is 13.8 Å². The van der Waals surface area contributed by atoms with Gasteiger partial charge >= 0.3 is 15.2 Å². The molecule has 11 nitrogen and oxygen atoms in total. The molecule has 0 spiro atoms. The van der Waals surface area contributed by atoms with Gasteiger partial charge in [-0.05, 0) is 13.8 Å². The monoisotopic (exact) mass is 315 g/mol. The van der Waals surface area contributed by atoms with E-state index in [0.717, 1.165) is 4.90 Å². The summed E-state index contributed by atoms with van der Waals surface area (Å²) in [6.45, 7) is 3.20. The Kier molecular flexibility index (Phi) is 18.8. The highest BCUT2D eigenvalue weighted by Gasteiger charge is 2.27. The van der Waals surface area contributed by atoms with Crippen molar-refractivity contribution in [3.05, 3.63) is 0 Å². The minimum atomic E-state index is -4.28. The fourth-order valence-electron chi connectivity index (χ4n) is 0.845. The van der Waals surface area contributed by atoms with E-state index < -0.39 is 27.8 Å². The quantitative estimate of drug-likeness (QED) is 0.325. The zero-order valence-corrected chi connectivity index (χ0v) is 12.6. The molecule has 0 amide bonds. The van der Waals surface area contributed by atoms with Crippen LogP contribution in [0.2, 0.25) is 0 Å². The van der Waals surface area contributed by atoms with E-state index in [1.807, 2.05) is 0 Å². The van der Waals surface area contributed by atoms with E-state index in [2.05, 4.69) is 0 Å². The van der Waals surface area contributed by atoms with E-state index in [4.69, 9.17) is 19.6 Å². The van der Waals surface area contributed by atoms with Crippen LogP contribution in [0.5, 0.6) is 0 Å². The molecule has 0 bridgehead atoms. The van der Waals surface area contributed by atoms with E-state index in [1.54, 1.807) is 13.8 Å². The van der Waals surface area contributed by atoms with Crippen LogP contribution in [-0.4, -0.2) is 43.1 Å². The third kappa shape index (κ3) is 18.5. The van der Waals surface area contributed by atoms with Gasteiger partial charge in [-0.2, -0.15) is 0 Å². The lowest BCUT2D eigenvalue weighted by Gasteiger charge is -2.26. The average Bonchev–Trinajstić information content (AvgIpc) is 1.78. The van der Waals surface area contributed by atoms with Crippen molar-refractivity contribution in [2.24, 2.45) is 0 Å². The van der Waals surface area contributed by atoms with Gasteiger partial charge in [0.1, 0.15) is 12.6 Å². The van der Waals surface area contributed by atoms with Gasteiger partial charge in [0, 0.05) is 6.04 Å². The fourth-order valence-corrected chi connectivity index (χ4v) is 2.80. The highest BCUT2D eigenvalue weighted by atomic mass is 31.2. The second kappa shape index (κ2) is 11.0. The van der Waals surface area contributed by atoms with E-state index in [0.29, 0.717) is 0 Å². The van der Waals surface area contributed by atoms with Crippen molar-refractivity contribution in [3.8, 4) is 0 Å². The zero-order chi connectivity index (χ0) is 11.6. The van der Waals surface area contributed by atoms with Crippen molar-refractivity contribution in [1.82, 2.24) is 29.5 Å². The average molecular weight is 315 g/mol. The summed E-state index contributed by atoms with van der Waals surface area (Å²) in [6.07, 6.45) is -1.29. The predicted molar refractivity (Wildman–Crippen MR) is 70.9 cm³/mol. The minimum absolute atomic E-state index is 0. The zero-order valence-electron chi connectivity index (χ0n) is 10.8. The van der Waals surface area contributed by atoms with Crippen LogP contribution in [0.25, 0.3) is 0 Å². The lowest BCUT2D eigenvalue weighted by atomic mass is 10.4. The van der Waals surface area contributed by atoms with Gasteiger partial charge in [-0.3, -0.25) is 14.0 Å². The molecule has 0 aromatic rings. The fraction of sp³-hybridized carbons (Fsp3) is 1.00. The molecule has 0 heterocycles. The minimum Gasteiger partial charge on any atom is -0.344 e. The Bertz CT molecular complexity index is 254. The maximum Gasteiger partial charge on any atom is 0.339 e. The Morgan fingerprint density at radius 3 is 1.17 bits per heavy atom. The highest BCUT2D eigenvalue weighted by molar-refractivity contribution is 7.52. The van der Waals surface area contributed by atoms with Crippen molar-refractivity contribution < 1.29 is 28.7 Å². The highest BCUT2D eigenvalue weighted by Crippen LogP contribution is 2.41. The van der Waals surface area contributed by atoms with Crippen molar-refractivity contribution in [1.29, 1.82) is 0 Å². The molecular weight excluding hydrogens is 288 g/mol. The molecule has 0 rings (SSSR count). The summed E-state index contributed by atoms with van der Waals surface area (Å²) in [5, 5.41) is 0. The molecule has 0 unspecified atom stereocenters. The van der Waals surface area contributed by atoms with Crippen LogP contribution in [0, 0.1) is 0 Å². The predicted octanol–water partition coefficient (Wildman–Crippen LogP) is 0.615. The standard InChI is InChI=1S/C5H15NO6P2.4H3N/c1-5(2)6(3-13(7,8)9)4-14(10,11)12;;;;/h5H,3-4H2,1-2H3,(H2,7,8,9)(H2,10,11,12);4*1H3. The Labute approximate surface area is 107 Å². The number of hydrogen-bond donors (Lipinski definition) is 8. The first-order valence-electron chi connectivity index (χ1n) is 3.84. The van der Waals surface area contributed by atoms with Crippen LogP contribution in [0.3, 0.4) is 0 Å². The van der Waals surface area contributed by atoms with Crippen molar-refractivity contribution in [3.63, 3.8) is 0 Å². The molecule has 0 aliphatic carbocycles. The molecule has 0 radical (unpaired) electrons. The summed E-state index contributed by atoms with van der Waals surface area (Å²) in [4.78, 5) is 35.7. The molecule has 0 aromatic carbocycles. The topological polar surface area (TPSA) is 258 Å². The van der Waals surface area contributed by atoms with Crippen LogP contribution in [0.15, 0.2) is 0 Å². The van der Waals surface area contributed by atoms with Gasteiger partial charge < -0.3 is 44.2 Å². The lowest BCUT2D eigenvalue weighted by molar-refractivity contribution is 0.241. The first-order valence-corrected chi connectivity index (χ1v) is 7.44. The molecule has 13 heteroatoms. The van der Waals surface area contributed by atoms with E-state index in [1.165, 1.54) is 0 Å². The summed E-state index contributed by atoms with van der Waals surface area (Å²) < 4.78 is 21.3. The first kappa shape index (κ1) is 30.8. The van der Waals surface area contributed by atoms with Crippen LogP contribution in [0.4, 0.5) is 0 Å². The Hall–Kier alpha value is 0.100. The van der Waals surface area contributed by atoms with Crippen LogP contribution in [-0.2, 0) is 9.13 Å². The Morgan fingerprint density at radius 1 is 0.833 bits per heavy atom. The van der Waals surface area contributed by atoms with Crippen LogP contribution >= 0.6 is 15.2 Å². The molecule has 0 aliphatic heterocycles. The van der Waals surface area contributed by atoms with E-state index in [9.17, 15) is 9.13 Å². The largest absolute Gasteiger partial charge is 0.344 e. The van der Waals surface area contributed by atoms with Gasteiger partial charge in [0.25, 0.3) is 0 Å². The first-order chi connectivity index (χ1) is 6.01. The van der Waals surface area contributed by atoms with E-state index >= 15 is 0 Å². The molecule has 0 saturated carbocycles. The summed E-state index contributed by atoms with van der Waals surface area (Å²) in [6, 6.07) is -0.338. The van der Waals surface area contributed by atoms with Gasteiger partial charge in [-0.1, -0.05) is 0 Å². The third-order valence-corrected chi connectivity index (χ3v) is 2.93. The van der Waals surface area contributed by atoms with E-state index in [-0.39, 0.29) is 30.6 Å². The normalized spacial score (nSPS) is 10.9. The third-order valence-electron chi connectivity index (χ3n) is 1.46. The molecule has 0 atom stereocenters. The summed E-state index contributed by atoms with van der Waals surface area (Å²) in [5.74, 6) is 0. The van der Waals surface area contributed by atoms with Crippen molar-refractivity contribution in [2.75, 3.05) is 12.6 Å². The smallest absolute Gasteiger partial charge is 0.339 e. The SMILES string of the molecule is CC(C)N(CP(=O)(O)O)CP(=O)(O)O.N.N.N.N. The van der Waals surface area contributed by atoms with Crippen LogP contribution < -0.4 is 24.6 Å². The molecule has 16 N–H and O–H groups in total. The van der Waals surface area contributed by atoms with Gasteiger partial charge in [-0.15, -0.1) is 0 Å². The van der Waals surface area contributed by atoms with Gasteiger partial charge in [-0.25, -0.2) is 0 Å². The molecular formula is C5H27N5O6P2. The summed E-state index contributed by atoms with van der Waals surface area (Å²) >= 11 is 0. The molecule has 18 heavy (non-hydrogen) atoms. The Morgan fingerprint density at radius 2 is 1.06 bits per heavy atom. The lowest BCUT2D eigenvalue weighted by Crippen LogP contribution is -2.32. The summed E-state index contributed by atoms with van der Waals surface area (Å²) in [7, 11) is -8.56. The Balaban J connectivity index is -0.000000141. The molecule has 0 aromatic heterocycles. The second-order valence-electron chi connectivity index (χ2n) is 3.29. The molecule has 118 valence electrons. The van der Waals surface area contributed by atoms with Gasteiger partial charge in [0.2, 0.25) is 0 Å². The number of hydrogen-bond acceptors (Lipinski definition) is 7. The van der Waals surface area contributed by atoms with Gasteiger partial charge in [0.15, 0.2) is 0 Å². The maximum atomic E-state index is 10.6. The molecule has 0 aliphatic rings. The van der Waals surface area contributed by atoms with Crippen molar-refractivity contribution >= 4 is 15.2 Å². The maximum absolute atomic E-state index is 10.6. The number of nitrogens with zero attached hydrogens (tertiary/aromatic N) is 1. The van der Waals surface area contributed by atoms with Gasteiger partial charge in [0.05, 0.1) is 0 Å². The molecule has 0 saturated heterocycles. The summed E-state index contributed by atoms with van der Waals surface area (Å²) in [5.41, 5.74) is 0.